The molecule has 128 valence electrons. The molecule has 1 aliphatic rings. The molecule has 1 unspecified atom stereocenters. The summed E-state index contributed by atoms with van der Waals surface area (Å²) in [6, 6.07) is 0.0442. The molecule has 2 N–H and O–H groups in total. The molecule has 2 heterocycles. The Kier molecular flexibility index (Phi) is 4.21. The summed E-state index contributed by atoms with van der Waals surface area (Å²) in [5, 5.41) is 15.6. The fourth-order valence-electron chi connectivity index (χ4n) is 2.56. The molecule has 0 aromatic carbocycles. The van der Waals surface area contributed by atoms with Gasteiger partial charge in [-0.2, -0.15) is 0 Å². The third-order valence-corrected chi connectivity index (χ3v) is 4.04. The SMILES string of the molecule is CC(C)c1noc2nc(C3CC3)cc(C(=O)NC(CF)C(=O)O)c12. The van der Waals surface area contributed by atoms with Gasteiger partial charge in [0.05, 0.1) is 16.6 Å². The van der Waals surface area contributed by atoms with Gasteiger partial charge in [0.15, 0.2) is 6.04 Å². The van der Waals surface area contributed by atoms with Gasteiger partial charge in [-0.3, -0.25) is 4.79 Å². The number of hydrogen-bond acceptors (Lipinski definition) is 5. The van der Waals surface area contributed by atoms with E-state index in [0.29, 0.717) is 16.8 Å². The summed E-state index contributed by atoms with van der Waals surface area (Å²) in [4.78, 5) is 28.0. The minimum atomic E-state index is -1.59. The summed E-state index contributed by atoms with van der Waals surface area (Å²) in [6.07, 6.45) is 1.96. The lowest BCUT2D eigenvalue weighted by Gasteiger charge is -2.12. The smallest absolute Gasteiger partial charge is 0.328 e. The zero-order chi connectivity index (χ0) is 17.4. The van der Waals surface area contributed by atoms with Gasteiger partial charge >= 0.3 is 5.97 Å². The largest absolute Gasteiger partial charge is 0.480 e. The highest BCUT2D eigenvalue weighted by Gasteiger charge is 2.30. The molecule has 1 atom stereocenters. The second-order valence-electron chi connectivity index (χ2n) is 6.29. The van der Waals surface area contributed by atoms with Crippen molar-refractivity contribution in [2.24, 2.45) is 0 Å². The Labute approximate surface area is 137 Å². The third-order valence-electron chi connectivity index (χ3n) is 4.04. The van der Waals surface area contributed by atoms with Gasteiger partial charge in [-0.1, -0.05) is 19.0 Å². The molecule has 2 aromatic rings. The van der Waals surface area contributed by atoms with Crippen LogP contribution in [0.15, 0.2) is 10.6 Å². The molecule has 0 radical (unpaired) electrons. The molecule has 2 aromatic heterocycles. The number of nitrogens with zero attached hydrogens (tertiary/aromatic N) is 2. The first-order chi connectivity index (χ1) is 11.4. The maximum Gasteiger partial charge on any atom is 0.328 e. The van der Waals surface area contributed by atoms with E-state index in [1.165, 1.54) is 0 Å². The quantitative estimate of drug-likeness (QED) is 0.839. The number of pyridine rings is 1. The van der Waals surface area contributed by atoms with Gasteiger partial charge in [-0.15, -0.1) is 0 Å². The van der Waals surface area contributed by atoms with E-state index in [0.717, 1.165) is 12.8 Å². The number of nitrogens with one attached hydrogen (secondary N) is 1. The van der Waals surface area contributed by atoms with E-state index in [9.17, 15) is 14.0 Å². The molecule has 24 heavy (non-hydrogen) atoms. The predicted molar refractivity (Wildman–Crippen MR) is 82.7 cm³/mol. The van der Waals surface area contributed by atoms with Crippen molar-refractivity contribution in [1.29, 1.82) is 0 Å². The van der Waals surface area contributed by atoms with E-state index in [1.807, 2.05) is 13.8 Å². The zero-order valence-electron chi connectivity index (χ0n) is 13.4. The van der Waals surface area contributed by atoms with Crippen LogP contribution in [0.25, 0.3) is 11.1 Å². The Morgan fingerprint density at radius 3 is 2.71 bits per heavy atom. The van der Waals surface area contributed by atoms with Crippen LogP contribution < -0.4 is 5.32 Å². The number of carbonyl (C=O) groups is 2. The summed E-state index contributed by atoms with van der Waals surface area (Å²) < 4.78 is 18.1. The molecule has 1 fully saturated rings. The molecule has 1 amide bonds. The Hall–Kier alpha value is -2.51. The Morgan fingerprint density at radius 1 is 1.46 bits per heavy atom. The van der Waals surface area contributed by atoms with Crippen molar-refractivity contribution in [2.75, 3.05) is 6.67 Å². The third kappa shape index (κ3) is 2.95. The predicted octanol–water partition coefficient (Wildman–Crippen LogP) is 2.38. The lowest BCUT2D eigenvalue weighted by Crippen LogP contribution is -2.42. The van der Waals surface area contributed by atoms with E-state index in [2.05, 4.69) is 15.5 Å². The van der Waals surface area contributed by atoms with Crippen LogP contribution in [-0.2, 0) is 4.79 Å². The highest BCUT2D eigenvalue weighted by molar-refractivity contribution is 6.07. The first-order valence-corrected chi connectivity index (χ1v) is 7.82. The standard InChI is InChI=1S/C16H18FN3O4/c1-7(2)13-12-9(14(21)18-11(6-17)16(22)23)5-10(8-3-4-8)19-15(12)24-20-13/h5,7-8,11H,3-4,6H2,1-2H3,(H,18,21)(H,22,23). The average molecular weight is 335 g/mol. The van der Waals surface area contributed by atoms with Crippen molar-refractivity contribution in [1.82, 2.24) is 15.5 Å². The number of carbonyl (C=O) groups excluding carboxylic acids is 1. The molecular weight excluding hydrogens is 317 g/mol. The van der Waals surface area contributed by atoms with Crippen molar-refractivity contribution in [3.63, 3.8) is 0 Å². The van der Waals surface area contributed by atoms with Crippen molar-refractivity contribution < 1.29 is 23.6 Å². The number of aliphatic carboxylic acids is 1. The highest BCUT2D eigenvalue weighted by atomic mass is 19.1. The van der Waals surface area contributed by atoms with Crippen LogP contribution in [0.5, 0.6) is 0 Å². The summed E-state index contributed by atoms with van der Waals surface area (Å²) >= 11 is 0. The molecule has 1 saturated carbocycles. The number of amides is 1. The number of aromatic nitrogens is 2. The number of hydrogen-bond donors (Lipinski definition) is 2. The van der Waals surface area contributed by atoms with Crippen LogP contribution in [0.1, 0.15) is 60.3 Å². The highest BCUT2D eigenvalue weighted by Crippen LogP contribution is 2.41. The number of alkyl halides is 1. The molecule has 3 rings (SSSR count). The van der Waals surface area contributed by atoms with Gasteiger partial charge < -0.3 is 14.9 Å². The maximum atomic E-state index is 12.8. The molecule has 0 aliphatic heterocycles. The normalized spacial score (nSPS) is 15.7. The average Bonchev–Trinajstić information content (AvgIpc) is 3.30. The van der Waals surface area contributed by atoms with Crippen LogP contribution in [0.3, 0.4) is 0 Å². The van der Waals surface area contributed by atoms with Gasteiger partial charge in [-0.25, -0.2) is 14.2 Å². The minimum absolute atomic E-state index is 0.0113. The van der Waals surface area contributed by atoms with Crippen LogP contribution in [0.4, 0.5) is 4.39 Å². The lowest BCUT2D eigenvalue weighted by molar-refractivity contribution is -0.139. The van der Waals surface area contributed by atoms with E-state index in [-0.39, 0.29) is 23.1 Å². The molecule has 1 aliphatic carbocycles. The fraction of sp³-hybridized carbons (Fsp3) is 0.500. The Bertz CT molecular complexity index is 798. The van der Waals surface area contributed by atoms with Crippen molar-refractivity contribution in [3.05, 3.63) is 23.0 Å². The number of rotatable bonds is 6. The second kappa shape index (κ2) is 6.18. The molecule has 0 bridgehead atoms. The zero-order valence-corrected chi connectivity index (χ0v) is 13.4. The van der Waals surface area contributed by atoms with E-state index in [1.54, 1.807) is 6.07 Å². The van der Waals surface area contributed by atoms with Crippen molar-refractivity contribution >= 4 is 23.0 Å². The van der Waals surface area contributed by atoms with Gasteiger partial charge in [0, 0.05) is 11.6 Å². The molecule has 0 spiro atoms. The van der Waals surface area contributed by atoms with Crippen molar-refractivity contribution in [2.45, 2.75) is 44.6 Å². The van der Waals surface area contributed by atoms with E-state index >= 15 is 0 Å². The maximum absolute atomic E-state index is 12.8. The number of carboxylic acid groups (broad SMARTS) is 1. The van der Waals surface area contributed by atoms with E-state index in [4.69, 9.17) is 9.63 Å². The monoisotopic (exact) mass is 335 g/mol. The van der Waals surface area contributed by atoms with Crippen LogP contribution >= 0.6 is 0 Å². The molecule has 0 saturated heterocycles. The Balaban J connectivity index is 2.07. The summed E-state index contributed by atoms with van der Waals surface area (Å²) in [5.41, 5.74) is 1.76. The number of carboxylic acids is 1. The van der Waals surface area contributed by atoms with Crippen LogP contribution in [0.2, 0.25) is 0 Å². The first kappa shape index (κ1) is 16.4. The molecule has 8 heteroatoms. The van der Waals surface area contributed by atoms with Crippen LogP contribution in [-0.4, -0.2) is 39.8 Å². The minimum Gasteiger partial charge on any atom is -0.480 e. The van der Waals surface area contributed by atoms with Crippen molar-refractivity contribution in [3.8, 4) is 0 Å². The molecular formula is C16H18FN3O4. The summed E-state index contributed by atoms with van der Waals surface area (Å²) in [7, 11) is 0. The summed E-state index contributed by atoms with van der Waals surface area (Å²) in [6.45, 7) is 2.61. The second-order valence-corrected chi connectivity index (χ2v) is 6.29. The van der Waals surface area contributed by atoms with Gasteiger partial charge in [0.25, 0.3) is 11.6 Å². The van der Waals surface area contributed by atoms with Gasteiger partial charge in [-0.05, 0) is 24.8 Å². The number of halogens is 1. The Morgan fingerprint density at radius 2 is 2.17 bits per heavy atom. The van der Waals surface area contributed by atoms with E-state index < -0.39 is 24.6 Å². The fourth-order valence-corrected chi connectivity index (χ4v) is 2.56. The van der Waals surface area contributed by atoms with Crippen LogP contribution in [0, 0.1) is 0 Å². The number of fused-ring (bicyclic) bond motifs is 1. The topological polar surface area (TPSA) is 105 Å². The molecule has 7 nitrogen and oxygen atoms in total. The van der Waals surface area contributed by atoms with Gasteiger partial charge in [0.2, 0.25) is 0 Å². The van der Waals surface area contributed by atoms with Gasteiger partial charge in [0.1, 0.15) is 6.67 Å². The first-order valence-electron chi connectivity index (χ1n) is 7.82. The summed E-state index contributed by atoms with van der Waals surface area (Å²) in [5.74, 6) is -1.83. The lowest BCUT2D eigenvalue weighted by atomic mass is 10.0.